The summed E-state index contributed by atoms with van der Waals surface area (Å²) in [5.74, 6) is 0. The van der Waals surface area contributed by atoms with E-state index in [4.69, 9.17) is 13.6 Å². The van der Waals surface area contributed by atoms with E-state index in [1.54, 1.807) is 0 Å². The minimum atomic E-state index is -0.724. The Labute approximate surface area is 189 Å². The lowest BCUT2D eigenvalue weighted by molar-refractivity contribution is -0.0257. The van der Waals surface area contributed by atoms with Crippen molar-refractivity contribution in [1.82, 2.24) is 0 Å². The van der Waals surface area contributed by atoms with Crippen LogP contribution in [-0.2, 0) is 15.9 Å². The lowest BCUT2D eigenvalue weighted by atomic mass is 9.67. The molecule has 0 fully saturated rings. The van der Waals surface area contributed by atoms with E-state index in [1.165, 1.54) is 22.3 Å². The van der Waals surface area contributed by atoms with Crippen molar-refractivity contribution >= 4 is 21.5 Å². The second-order valence-corrected chi connectivity index (χ2v) is 8.99. The van der Waals surface area contributed by atoms with Crippen LogP contribution < -0.4 is 0 Å². The van der Waals surface area contributed by atoms with Gasteiger partial charge in [0.05, 0.1) is 25.1 Å². The molecule has 0 atom stereocenters. The van der Waals surface area contributed by atoms with E-state index in [1.807, 2.05) is 25.1 Å². The van der Waals surface area contributed by atoms with Crippen molar-refractivity contribution in [3.05, 3.63) is 143 Å². The van der Waals surface area contributed by atoms with Crippen LogP contribution >= 0.6 is 0 Å². The Bertz CT molecular complexity index is 1490. The molecule has 0 amide bonds. The lowest BCUT2D eigenvalue weighted by Crippen LogP contribution is -2.27. The molecule has 0 spiro atoms. The van der Waals surface area contributed by atoms with E-state index in [-0.39, 0.29) is 0 Å². The SMILES string of the molecule is c1ccc(C23OC(c4ccccc4)(c4cc5cocc5cc42)c2cc4cocc4cc23)cc1. The molecule has 156 valence electrons. The number of rotatable bonds is 2. The monoisotopic (exact) mass is 426 g/mol. The Balaban J connectivity index is 1.60. The molecule has 2 aliphatic rings. The number of benzene rings is 4. The Morgan fingerprint density at radius 3 is 1.09 bits per heavy atom. The maximum atomic E-state index is 7.38. The zero-order valence-electron chi connectivity index (χ0n) is 17.6. The smallest absolute Gasteiger partial charge is 0.146 e. The molecule has 4 heterocycles. The number of hydrogen-bond acceptors (Lipinski definition) is 3. The van der Waals surface area contributed by atoms with Crippen molar-refractivity contribution in [2.45, 2.75) is 11.2 Å². The highest BCUT2D eigenvalue weighted by molar-refractivity contribution is 5.90. The van der Waals surface area contributed by atoms with Crippen LogP contribution in [0.1, 0.15) is 33.4 Å². The van der Waals surface area contributed by atoms with Crippen LogP contribution in [0.2, 0.25) is 0 Å². The van der Waals surface area contributed by atoms with E-state index >= 15 is 0 Å². The Morgan fingerprint density at radius 2 is 0.758 bits per heavy atom. The minimum Gasteiger partial charge on any atom is -0.471 e. The molecule has 2 aliphatic heterocycles. The van der Waals surface area contributed by atoms with Crippen molar-refractivity contribution in [1.29, 1.82) is 0 Å². The summed E-state index contributed by atoms with van der Waals surface area (Å²) in [6, 6.07) is 30.1. The largest absolute Gasteiger partial charge is 0.471 e. The highest BCUT2D eigenvalue weighted by atomic mass is 16.5. The molecule has 33 heavy (non-hydrogen) atoms. The molecule has 2 aromatic heterocycles. The molecule has 0 aliphatic carbocycles. The first-order valence-electron chi connectivity index (χ1n) is 11.1. The van der Waals surface area contributed by atoms with Gasteiger partial charge in [-0.2, -0.15) is 0 Å². The molecule has 8 rings (SSSR count). The van der Waals surface area contributed by atoms with Crippen LogP contribution in [0, 0.1) is 0 Å². The third-order valence-corrected chi connectivity index (χ3v) is 7.41. The van der Waals surface area contributed by atoms with E-state index in [0.717, 1.165) is 32.7 Å². The van der Waals surface area contributed by atoms with E-state index < -0.39 is 11.2 Å². The second kappa shape index (κ2) is 5.83. The second-order valence-electron chi connectivity index (χ2n) is 8.99. The molecule has 6 aromatic rings. The van der Waals surface area contributed by atoms with Gasteiger partial charge in [-0.3, -0.25) is 0 Å². The summed E-state index contributed by atoms with van der Waals surface area (Å²) in [5, 5.41) is 4.31. The molecule has 3 nitrogen and oxygen atoms in total. The maximum absolute atomic E-state index is 7.38. The van der Waals surface area contributed by atoms with Gasteiger partial charge in [-0.05, 0) is 35.4 Å². The van der Waals surface area contributed by atoms with Gasteiger partial charge in [0, 0.05) is 43.8 Å². The quantitative estimate of drug-likeness (QED) is 0.296. The van der Waals surface area contributed by atoms with Crippen molar-refractivity contribution in [3.63, 3.8) is 0 Å². The van der Waals surface area contributed by atoms with Gasteiger partial charge < -0.3 is 13.6 Å². The van der Waals surface area contributed by atoms with Crippen molar-refractivity contribution in [3.8, 4) is 0 Å². The summed E-state index contributed by atoms with van der Waals surface area (Å²) in [4.78, 5) is 0. The average molecular weight is 426 g/mol. The predicted octanol–water partition coefficient (Wildman–Crippen LogP) is 7.11. The molecule has 0 saturated carbocycles. The van der Waals surface area contributed by atoms with Gasteiger partial charge in [0.15, 0.2) is 0 Å². The molecule has 3 heteroatoms. The zero-order valence-corrected chi connectivity index (χ0v) is 17.6. The third-order valence-electron chi connectivity index (χ3n) is 7.41. The van der Waals surface area contributed by atoms with Crippen LogP contribution in [0.15, 0.2) is 119 Å². The van der Waals surface area contributed by atoms with Gasteiger partial charge in [-0.15, -0.1) is 0 Å². The number of furan rings is 2. The molecule has 0 unspecified atom stereocenters. The van der Waals surface area contributed by atoms with Gasteiger partial charge >= 0.3 is 0 Å². The first kappa shape index (κ1) is 17.5. The van der Waals surface area contributed by atoms with Crippen molar-refractivity contribution in [2.75, 3.05) is 0 Å². The van der Waals surface area contributed by atoms with Crippen LogP contribution in [0.3, 0.4) is 0 Å². The molecular formula is C30H18O3. The molecule has 0 N–H and O–H groups in total. The van der Waals surface area contributed by atoms with Crippen molar-refractivity contribution < 1.29 is 13.6 Å². The fourth-order valence-corrected chi connectivity index (χ4v) is 6.03. The number of fused-ring (bicyclic) bond motifs is 10. The molecule has 0 saturated heterocycles. The maximum Gasteiger partial charge on any atom is 0.146 e. The van der Waals surface area contributed by atoms with Gasteiger partial charge in [0.1, 0.15) is 11.2 Å². The Morgan fingerprint density at radius 1 is 0.424 bits per heavy atom. The summed E-state index contributed by atoms with van der Waals surface area (Å²) in [6.45, 7) is 0. The summed E-state index contributed by atoms with van der Waals surface area (Å²) in [7, 11) is 0. The summed E-state index contributed by atoms with van der Waals surface area (Å²) in [5.41, 5.74) is 5.46. The van der Waals surface area contributed by atoms with E-state index in [2.05, 4.69) is 84.9 Å². The van der Waals surface area contributed by atoms with Crippen LogP contribution in [-0.4, -0.2) is 0 Å². The Hall–Kier alpha value is -4.08. The fraction of sp³-hybridized carbons (Fsp3) is 0.0667. The van der Waals surface area contributed by atoms with Crippen LogP contribution in [0.25, 0.3) is 21.5 Å². The van der Waals surface area contributed by atoms with E-state index in [9.17, 15) is 0 Å². The average Bonchev–Trinajstić information content (AvgIpc) is 3.63. The topological polar surface area (TPSA) is 35.5 Å². The minimum absolute atomic E-state index is 0.724. The van der Waals surface area contributed by atoms with Gasteiger partial charge in [-0.1, -0.05) is 60.7 Å². The first-order valence-corrected chi connectivity index (χ1v) is 11.1. The van der Waals surface area contributed by atoms with Crippen LogP contribution in [0.5, 0.6) is 0 Å². The first-order chi connectivity index (χ1) is 16.3. The molecule has 4 aromatic carbocycles. The molecular weight excluding hydrogens is 408 g/mol. The molecule has 0 radical (unpaired) electrons. The van der Waals surface area contributed by atoms with Gasteiger partial charge in [-0.25, -0.2) is 0 Å². The highest BCUT2D eigenvalue weighted by Crippen LogP contribution is 2.66. The zero-order chi connectivity index (χ0) is 21.6. The summed E-state index contributed by atoms with van der Waals surface area (Å²) in [6.07, 6.45) is 7.26. The van der Waals surface area contributed by atoms with Gasteiger partial charge in [0.25, 0.3) is 0 Å². The van der Waals surface area contributed by atoms with Gasteiger partial charge in [0.2, 0.25) is 0 Å². The number of ether oxygens (including phenoxy) is 1. The predicted molar refractivity (Wildman–Crippen MR) is 126 cm³/mol. The third kappa shape index (κ3) is 1.96. The Kier molecular flexibility index (Phi) is 3.09. The number of hydrogen-bond donors (Lipinski definition) is 0. The fourth-order valence-electron chi connectivity index (χ4n) is 6.03. The van der Waals surface area contributed by atoms with E-state index in [0.29, 0.717) is 0 Å². The normalized spacial score (nSPS) is 22.7. The molecule has 2 bridgehead atoms. The van der Waals surface area contributed by atoms with Crippen LogP contribution in [0.4, 0.5) is 0 Å². The summed E-state index contributed by atoms with van der Waals surface area (Å²) < 4.78 is 18.6. The van der Waals surface area contributed by atoms with Crippen molar-refractivity contribution in [2.24, 2.45) is 0 Å². The standard InChI is InChI=1S/C30H18O3/c1-3-7-23(8-4-1)29-25-11-19-15-31-17-21(19)13-27(25)30(33-29,24-9-5-2-6-10-24)28-14-22-18-32-16-20(22)12-26(28)29/h1-18H. The lowest BCUT2D eigenvalue weighted by Gasteiger charge is -2.30. The summed E-state index contributed by atoms with van der Waals surface area (Å²) >= 11 is 0. The highest BCUT2D eigenvalue weighted by Gasteiger charge is 2.64.